The van der Waals surface area contributed by atoms with Crippen molar-refractivity contribution in [3.63, 3.8) is 0 Å². The van der Waals surface area contributed by atoms with Crippen LogP contribution < -0.4 is 5.32 Å². The maximum Gasteiger partial charge on any atom is 0.255 e. The molecule has 0 bridgehead atoms. The first kappa shape index (κ1) is 12.2. The molecule has 0 aliphatic rings. The third-order valence-corrected chi connectivity index (χ3v) is 2.70. The summed E-state index contributed by atoms with van der Waals surface area (Å²) in [6.45, 7) is 0. The first-order valence-electron chi connectivity index (χ1n) is 5.27. The highest BCUT2D eigenvalue weighted by molar-refractivity contribution is 6.34. The van der Waals surface area contributed by atoms with Gasteiger partial charge in [-0.1, -0.05) is 29.8 Å². The first-order valence-corrected chi connectivity index (χ1v) is 5.64. The van der Waals surface area contributed by atoms with Crippen LogP contribution in [0.4, 0.5) is 5.69 Å². The van der Waals surface area contributed by atoms with Crippen molar-refractivity contribution in [3.05, 3.63) is 64.7 Å². The standard InChI is InChI=1S/C14H9ClN2O/c15-12-8-10(9-16)6-7-13(12)17-14(18)11-4-2-1-3-5-11/h1-8H,(H,17,18). The van der Waals surface area contributed by atoms with Crippen LogP contribution in [0.3, 0.4) is 0 Å². The molecule has 0 aromatic heterocycles. The third-order valence-electron chi connectivity index (χ3n) is 2.38. The number of nitrogens with one attached hydrogen (secondary N) is 1. The predicted molar refractivity (Wildman–Crippen MR) is 70.6 cm³/mol. The molecule has 0 spiro atoms. The van der Waals surface area contributed by atoms with E-state index in [9.17, 15) is 4.79 Å². The molecule has 0 heterocycles. The van der Waals surface area contributed by atoms with Gasteiger partial charge in [0.2, 0.25) is 0 Å². The van der Waals surface area contributed by atoms with Gasteiger partial charge in [0.1, 0.15) is 0 Å². The van der Waals surface area contributed by atoms with Crippen LogP contribution in [0.5, 0.6) is 0 Å². The van der Waals surface area contributed by atoms with Gasteiger partial charge < -0.3 is 5.32 Å². The van der Waals surface area contributed by atoms with E-state index in [1.165, 1.54) is 6.07 Å². The van der Waals surface area contributed by atoms with Crippen molar-refractivity contribution < 1.29 is 4.79 Å². The molecule has 1 N–H and O–H groups in total. The van der Waals surface area contributed by atoms with E-state index in [2.05, 4.69) is 5.32 Å². The maximum absolute atomic E-state index is 11.9. The number of benzene rings is 2. The second kappa shape index (κ2) is 5.35. The zero-order valence-electron chi connectivity index (χ0n) is 9.35. The van der Waals surface area contributed by atoms with Crippen molar-refractivity contribution in [2.75, 3.05) is 5.32 Å². The number of hydrogen-bond acceptors (Lipinski definition) is 2. The number of halogens is 1. The van der Waals surface area contributed by atoms with E-state index in [0.29, 0.717) is 21.8 Å². The SMILES string of the molecule is N#Cc1ccc(NC(=O)c2ccccc2)c(Cl)c1. The number of amides is 1. The molecule has 0 saturated carbocycles. The predicted octanol–water partition coefficient (Wildman–Crippen LogP) is 3.46. The Labute approximate surface area is 110 Å². The minimum Gasteiger partial charge on any atom is -0.321 e. The van der Waals surface area contributed by atoms with Crippen molar-refractivity contribution in [1.82, 2.24) is 0 Å². The summed E-state index contributed by atoms with van der Waals surface area (Å²) in [6, 6.07) is 15.6. The molecule has 2 aromatic rings. The second-order valence-corrected chi connectivity index (χ2v) is 4.03. The molecule has 0 radical (unpaired) electrons. The lowest BCUT2D eigenvalue weighted by atomic mass is 10.2. The number of rotatable bonds is 2. The molecular formula is C14H9ClN2O. The van der Waals surface area contributed by atoms with Crippen LogP contribution in [0, 0.1) is 11.3 Å². The number of nitriles is 1. The molecule has 0 saturated heterocycles. The lowest BCUT2D eigenvalue weighted by Gasteiger charge is -2.07. The van der Waals surface area contributed by atoms with Crippen molar-refractivity contribution in [2.45, 2.75) is 0 Å². The second-order valence-electron chi connectivity index (χ2n) is 3.63. The van der Waals surface area contributed by atoms with E-state index in [0.717, 1.165) is 0 Å². The summed E-state index contributed by atoms with van der Waals surface area (Å²) in [7, 11) is 0. The van der Waals surface area contributed by atoms with Gasteiger partial charge >= 0.3 is 0 Å². The largest absolute Gasteiger partial charge is 0.321 e. The first-order chi connectivity index (χ1) is 8.70. The fourth-order valence-corrected chi connectivity index (χ4v) is 1.70. The number of anilines is 1. The average molecular weight is 257 g/mol. The van der Waals surface area contributed by atoms with Crippen molar-refractivity contribution in [2.24, 2.45) is 0 Å². The van der Waals surface area contributed by atoms with Gasteiger partial charge in [-0.05, 0) is 30.3 Å². The van der Waals surface area contributed by atoms with Gasteiger partial charge in [0.15, 0.2) is 0 Å². The Bertz CT molecular complexity index is 617. The molecule has 0 aliphatic heterocycles. The monoisotopic (exact) mass is 256 g/mol. The summed E-state index contributed by atoms with van der Waals surface area (Å²) < 4.78 is 0. The van der Waals surface area contributed by atoms with Crippen LogP contribution in [-0.4, -0.2) is 5.91 Å². The normalized spacial score (nSPS) is 9.56. The van der Waals surface area contributed by atoms with Crippen LogP contribution in [-0.2, 0) is 0 Å². The highest BCUT2D eigenvalue weighted by atomic mass is 35.5. The van der Waals surface area contributed by atoms with E-state index >= 15 is 0 Å². The molecular weight excluding hydrogens is 248 g/mol. The molecule has 2 rings (SSSR count). The highest BCUT2D eigenvalue weighted by Crippen LogP contribution is 2.23. The van der Waals surface area contributed by atoms with Crippen LogP contribution in [0.25, 0.3) is 0 Å². The molecule has 0 aliphatic carbocycles. The summed E-state index contributed by atoms with van der Waals surface area (Å²) in [4.78, 5) is 11.9. The zero-order chi connectivity index (χ0) is 13.0. The van der Waals surface area contributed by atoms with Gasteiger partial charge in [-0.15, -0.1) is 0 Å². The van der Waals surface area contributed by atoms with E-state index in [4.69, 9.17) is 16.9 Å². The highest BCUT2D eigenvalue weighted by Gasteiger charge is 2.08. The van der Waals surface area contributed by atoms with Gasteiger partial charge in [-0.25, -0.2) is 0 Å². The molecule has 1 amide bonds. The average Bonchev–Trinajstić information content (AvgIpc) is 2.42. The van der Waals surface area contributed by atoms with Gasteiger partial charge in [0, 0.05) is 5.56 Å². The minimum absolute atomic E-state index is 0.234. The zero-order valence-corrected chi connectivity index (χ0v) is 10.1. The molecule has 2 aromatic carbocycles. The molecule has 0 unspecified atom stereocenters. The van der Waals surface area contributed by atoms with Gasteiger partial charge in [-0.3, -0.25) is 4.79 Å². The van der Waals surface area contributed by atoms with E-state index in [-0.39, 0.29) is 5.91 Å². The summed E-state index contributed by atoms with van der Waals surface area (Å²) in [5.74, 6) is -0.234. The Morgan fingerprint density at radius 3 is 2.50 bits per heavy atom. The van der Waals surface area contributed by atoms with Crippen molar-refractivity contribution in [3.8, 4) is 6.07 Å². The van der Waals surface area contributed by atoms with Crippen molar-refractivity contribution >= 4 is 23.2 Å². The Morgan fingerprint density at radius 1 is 1.17 bits per heavy atom. The van der Waals surface area contributed by atoms with E-state index in [1.807, 2.05) is 12.1 Å². The van der Waals surface area contributed by atoms with E-state index < -0.39 is 0 Å². The number of nitrogens with zero attached hydrogens (tertiary/aromatic N) is 1. The number of carbonyl (C=O) groups excluding carboxylic acids is 1. The Hall–Kier alpha value is -2.31. The maximum atomic E-state index is 11.9. The lowest BCUT2D eigenvalue weighted by molar-refractivity contribution is 0.102. The summed E-state index contributed by atoms with van der Waals surface area (Å²) in [6.07, 6.45) is 0. The van der Waals surface area contributed by atoms with E-state index in [1.54, 1.807) is 36.4 Å². The lowest BCUT2D eigenvalue weighted by Crippen LogP contribution is -2.11. The van der Waals surface area contributed by atoms with Crippen LogP contribution in [0.15, 0.2) is 48.5 Å². The Morgan fingerprint density at radius 2 is 1.89 bits per heavy atom. The summed E-state index contributed by atoms with van der Waals surface area (Å²) in [5, 5.41) is 11.8. The third kappa shape index (κ3) is 2.68. The number of carbonyl (C=O) groups is 1. The van der Waals surface area contributed by atoms with Crippen LogP contribution in [0.1, 0.15) is 15.9 Å². The summed E-state index contributed by atoms with van der Waals surface area (Å²) in [5.41, 5.74) is 1.50. The minimum atomic E-state index is -0.234. The molecule has 3 nitrogen and oxygen atoms in total. The topological polar surface area (TPSA) is 52.9 Å². The van der Waals surface area contributed by atoms with Gasteiger partial charge in [-0.2, -0.15) is 5.26 Å². The Balaban J connectivity index is 2.20. The number of hydrogen-bond donors (Lipinski definition) is 1. The molecule has 0 fully saturated rings. The summed E-state index contributed by atoms with van der Waals surface area (Å²) >= 11 is 5.97. The quantitative estimate of drug-likeness (QED) is 0.895. The fourth-order valence-electron chi connectivity index (χ4n) is 1.47. The van der Waals surface area contributed by atoms with Crippen molar-refractivity contribution in [1.29, 1.82) is 5.26 Å². The smallest absolute Gasteiger partial charge is 0.255 e. The van der Waals surface area contributed by atoms with Gasteiger partial charge in [0.25, 0.3) is 5.91 Å². The molecule has 0 atom stereocenters. The fraction of sp³-hybridized carbons (Fsp3) is 0. The van der Waals surface area contributed by atoms with Crippen LogP contribution in [0.2, 0.25) is 5.02 Å². The van der Waals surface area contributed by atoms with Gasteiger partial charge in [0.05, 0.1) is 22.3 Å². The van der Waals surface area contributed by atoms with Crippen LogP contribution >= 0.6 is 11.6 Å². The molecule has 4 heteroatoms. The molecule has 88 valence electrons. The Kier molecular flexibility index (Phi) is 3.61. The molecule has 18 heavy (non-hydrogen) atoms.